The van der Waals surface area contributed by atoms with Gasteiger partial charge in [0.15, 0.2) is 11.4 Å². The number of pyridine rings is 1. The second kappa shape index (κ2) is 3.06. The number of rotatable bonds is 1. The van der Waals surface area contributed by atoms with Crippen LogP contribution in [0.4, 0.5) is 0 Å². The van der Waals surface area contributed by atoms with Crippen LogP contribution in [0.25, 0.3) is 5.69 Å². The van der Waals surface area contributed by atoms with Crippen LogP contribution in [0.3, 0.4) is 0 Å². The summed E-state index contributed by atoms with van der Waals surface area (Å²) in [4.78, 5) is 18.7. The molecule has 0 amide bonds. The molecule has 0 unspecified atom stereocenters. The first-order valence-electron chi connectivity index (χ1n) is 4.64. The quantitative estimate of drug-likeness (QED) is 0.766. The van der Waals surface area contributed by atoms with E-state index in [2.05, 4.69) is 9.97 Å². The molecule has 1 aliphatic heterocycles. The van der Waals surface area contributed by atoms with Crippen molar-refractivity contribution in [3.63, 3.8) is 0 Å². The number of carbonyl (C=O) groups is 1. The van der Waals surface area contributed by atoms with Crippen LogP contribution >= 0.6 is 0 Å². The lowest BCUT2D eigenvalue weighted by atomic mass is 10.2. The molecule has 0 atom stereocenters. The van der Waals surface area contributed by atoms with Crippen molar-refractivity contribution in [2.24, 2.45) is 0 Å². The normalized spacial score (nSPS) is 12.5. The number of hydrogen-bond donors (Lipinski definition) is 1. The smallest absolute Gasteiger partial charge is 0.356 e. The van der Waals surface area contributed by atoms with Gasteiger partial charge < -0.3 is 9.84 Å². The maximum absolute atomic E-state index is 10.9. The van der Waals surface area contributed by atoms with Gasteiger partial charge in [0, 0.05) is 6.20 Å². The Morgan fingerprint density at radius 1 is 1.56 bits per heavy atom. The summed E-state index contributed by atoms with van der Waals surface area (Å²) in [7, 11) is 0. The number of imidazole rings is 1. The third-order valence-electron chi connectivity index (χ3n) is 2.46. The number of aromatic carboxylic acids is 1. The summed E-state index contributed by atoms with van der Waals surface area (Å²) in [6, 6.07) is 1.76. The average Bonchev–Trinajstić information content (AvgIpc) is 2.73. The lowest BCUT2D eigenvalue weighted by molar-refractivity contribution is 0.0687. The molecule has 6 nitrogen and oxygen atoms in total. The van der Waals surface area contributed by atoms with E-state index in [1.54, 1.807) is 23.0 Å². The maximum atomic E-state index is 10.9. The van der Waals surface area contributed by atoms with Crippen LogP contribution in [-0.2, 0) is 6.61 Å². The Balaban J connectivity index is 2.23. The zero-order valence-electron chi connectivity index (χ0n) is 8.12. The molecule has 80 valence electrons. The first-order chi connectivity index (χ1) is 7.77. The number of aromatic nitrogens is 3. The summed E-state index contributed by atoms with van der Waals surface area (Å²) in [5.41, 5.74) is 1.34. The molecule has 0 aromatic carbocycles. The molecule has 3 rings (SSSR count). The fourth-order valence-electron chi connectivity index (χ4n) is 1.73. The zero-order valence-corrected chi connectivity index (χ0v) is 8.12. The molecule has 0 fully saturated rings. The van der Waals surface area contributed by atoms with Crippen LogP contribution < -0.4 is 4.74 Å². The standard InChI is InChI=1S/C10H7N3O3/c14-10(15)9-7-4-16-8-3-11-2-1-6(8)13(7)5-12-9/h1-3,5H,4H2,(H,14,15). The third kappa shape index (κ3) is 1.10. The van der Waals surface area contributed by atoms with E-state index in [4.69, 9.17) is 9.84 Å². The molecule has 2 aromatic rings. The maximum Gasteiger partial charge on any atom is 0.356 e. The minimum atomic E-state index is -1.05. The third-order valence-corrected chi connectivity index (χ3v) is 2.46. The molecule has 2 aromatic heterocycles. The molecule has 6 heteroatoms. The van der Waals surface area contributed by atoms with E-state index in [1.165, 1.54) is 6.33 Å². The molecular weight excluding hydrogens is 210 g/mol. The highest BCUT2D eigenvalue weighted by atomic mass is 16.5. The molecule has 0 saturated heterocycles. The van der Waals surface area contributed by atoms with Crippen LogP contribution in [0.1, 0.15) is 16.2 Å². The van der Waals surface area contributed by atoms with Gasteiger partial charge in [-0.3, -0.25) is 9.55 Å². The van der Waals surface area contributed by atoms with Crippen molar-refractivity contribution in [3.05, 3.63) is 36.2 Å². The van der Waals surface area contributed by atoms with E-state index in [-0.39, 0.29) is 12.3 Å². The lowest BCUT2D eigenvalue weighted by Gasteiger charge is -2.19. The largest absolute Gasteiger partial charge is 0.483 e. The molecule has 0 aliphatic carbocycles. The van der Waals surface area contributed by atoms with E-state index < -0.39 is 5.97 Å². The monoisotopic (exact) mass is 217 g/mol. The summed E-state index contributed by atoms with van der Waals surface area (Å²) < 4.78 is 7.12. The van der Waals surface area contributed by atoms with Gasteiger partial charge in [-0.05, 0) is 6.07 Å². The first kappa shape index (κ1) is 8.90. The van der Waals surface area contributed by atoms with Crippen molar-refractivity contribution >= 4 is 5.97 Å². The topological polar surface area (TPSA) is 77.2 Å². The summed E-state index contributed by atoms with van der Waals surface area (Å²) in [6.45, 7) is 0.195. The van der Waals surface area contributed by atoms with Crippen molar-refractivity contribution < 1.29 is 14.6 Å². The molecular formula is C10H7N3O3. The molecule has 0 saturated carbocycles. The molecule has 1 aliphatic rings. The van der Waals surface area contributed by atoms with Crippen LogP contribution in [0.15, 0.2) is 24.8 Å². The van der Waals surface area contributed by atoms with Gasteiger partial charge in [0.05, 0.1) is 17.6 Å². The fourth-order valence-corrected chi connectivity index (χ4v) is 1.73. The van der Waals surface area contributed by atoms with Gasteiger partial charge in [0.1, 0.15) is 12.9 Å². The summed E-state index contributed by atoms with van der Waals surface area (Å²) in [5.74, 6) is -0.417. The predicted octanol–water partition coefficient (Wildman–Crippen LogP) is 0.858. The predicted molar refractivity (Wildman–Crippen MR) is 52.7 cm³/mol. The number of carboxylic acids is 1. The lowest BCUT2D eigenvalue weighted by Crippen LogP contribution is -2.15. The van der Waals surface area contributed by atoms with Gasteiger partial charge >= 0.3 is 5.97 Å². The number of hydrogen-bond acceptors (Lipinski definition) is 4. The van der Waals surface area contributed by atoms with Crippen molar-refractivity contribution in [1.82, 2.24) is 14.5 Å². The Morgan fingerprint density at radius 3 is 3.25 bits per heavy atom. The van der Waals surface area contributed by atoms with E-state index in [1.807, 2.05) is 0 Å². The first-order valence-corrected chi connectivity index (χ1v) is 4.64. The number of carboxylic acid groups (broad SMARTS) is 1. The highest BCUT2D eigenvalue weighted by Gasteiger charge is 2.23. The Bertz CT molecular complexity index is 576. The summed E-state index contributed by atoms with van der Waals surface area (Å²) in [5, 5.41) is 8.93. The Labute approximate surface area is 90.1 Å². The van der Waals surface area contributed by atoms with Crippen molar-refractivity contribution in [2.75, 3.05) is 0 Å². The SMILES string of the molecule is O=C(O)c1ncn2c1COc1cnccc1-2. The summed E-state index contributed by atoms with van der Waals surface area (Å²) >= 11 is 0. The zero-order chi connectivity index (χ0) is 11.1. The minimum absolute atomic E-state index is 0.0301. The van der Waals surface area contributed by atoms with Crippen molar-refractivity contribution in [2.45, 2.75) is 6.61 Å². The molecule has 1 N–H and O–H groups in total. The number of ether oxygens (including phenoxy) is 1. The molecule has 3 heterocycles. The van der Waals surface area contributed by atoms with Gasteiger partial charge in [0.25, 0.3) is 0 Å². The van der Waals surface area contributed by atoms with Gasteiger partial charge in [-0.25, -0.2) is 9.78 Å². The van der Waals surface area contributed by atoms with Gasteiger partial charge in [-0.1, -0.05) is 0 Å². The molecule has 0 spiro atoms. The van der Waals surface area contributed by atoms with E-state index in [0.29, 0.717) is 11.4 Å². The average molecular weight is 217 g/mol. The fraction of sp³-hybridized carbons (Fsp3) is 0.100. The highest BCUT2D eigenvalue weighted by Crippen LogP contribution is 2.29. The Hall–Kier alpha value is -2.37. The number of nitrogens with zero attached hydrogens (tertiary/aromatic N) is 3. The Morgan fingerprint density at radius 2 is 2.44 bits per heavy atom. The minimum Gasteiger partial charge on any atom is -0.483 e. The van der Waals surface area contributed by atoms with Crippen LogP contribution in [0, 0.1) is 0 Å². The van der Waals surface area contributed by atoms with E-state index in [9.17, 15) is 4.79 Å². The second-order valence-corrected chi connectivity index (χ2v) is 3.35. The van der Waals surface area contributed by atoms with Crippen LogP contribution in [0.2, 0.25) is 0 Å². The van der Waals surface area contributed by atoms with Crippen LogP contribution in [-0.4, -0.2) is 25.6 Å². The highest BCUT2D eigenvalue weighted by molar-refractivity contribution is 5.87. The molecule has 0 bridgehead atoms. The Kier molecular flexibility index (Phi) is 1.70. The van der Waals surface area contributed by atoms with Crippen molar-refractivity contribution in [1.29, 1.82) is 0 Å². The molecule has 16 heavy (non-hydrogen) atoms. The van der Waals surface area contributed by atoms with Gasteiger partial charge in [-0.2, -0.15) is 0 Å². The van der Waals surface area contributed by atoms with Gasteiger partial charge in [0.2, 0.25) is 0 Å². The van der Waals surface area contributed by atoms with Crippen LogP contribution in [0.5, 0.6) is 5.75 Å². The van der Waals surface area contributed by atoms with Gasteiger partial charge in [-0.15, -0.1) is 0 Å². The number of fused-ring (bicyclic) bond motifs is 3. The summed E-state index contributed by atoms with van der Waals surface area (Å²) in [6.07, 6.45) is 4.70. The van der Waals surface area contributed by atoms with E-state index in [0.717, 1.165) is 5.69 Å². The second-order valence-electron chi connectivity index (χ2n) is 3.35. The van der Waals surface area contributed by atoms with Crippen molar-refractivity contribution in [3.8, 4) is 11.4 Å². The van der Waals surface area contributed by atoms with E-state index >= 15 is 0 Å². The molecule has 0 radical (unpaired) electrons.